The van der Waals surface area contributed by atoms with Crippen molar-refractivity contribution in [2.45, 2.75) is 31.8 Å². The van der Waals surface area contributed by atoms with Crippen LogP contribution in [-0.2, 0) is 16.4 Å². The van der Waals surface area contributed by atoms with Crippen molar-refractivity contribution in [2.24, 2.45) is 0 Å². The third kappa shape index (κ3) is 4.28. The Morgan fingerprint density at radius 1 is 1.19 bits per heavy atom. The predicted molar refractivity (Wildman–Crippen MR) is 98.3 cm³/mol. The monoisotopic (exact) mass is 380 g/mol. The van der Waals surface area contributed by atoms with Crippen LogP contribution in [0, 0.1) is 11.6 Å². The molecule has 0 unspecified atom stereocenters. The summed E-state index contributed by atoms with van der Waals surface area (Å²) in [6.07, 6.45) is 1.01. The van der Waals surface area contributed by atoms with Gasteiger partial charge in [-0.2, -0.15) is 0 Å². The minimum Gasteiger partial charge on any atom is -0.312 e. The fourth-order valence-corrected chi connectivity index (χ4v) is 4.20. The van der Waals surface area contributed by atoms with Gasteiger partial charge in [-0.05, 0) is 49.6 Å². The van der Waals surface area contributed by atoms with Gasteiger partial charge in [-0.25, -0.2) is 21.9 Å². The molecule has 0 bridgehead atoms. The summed E-state index contributed by atoms with van der Waals surface area (Å²) in [5.74, 6) is -0.803. The van der Waals surface area contributed by atoms with E-state index in [1.54, 1.807) is 37.3 Å². The summed E-state index contributed by atoms with van der Waals surface area (Å²) in [5, 5.41) is 3.24. The molecular formula is C19H22F2N2O2S. The Balaban J connectivity index is 1.83. The number of hydrogen-bond donors (Lipinski definition) is 2. The van der Waals surface area contributed by atoms with Gasteiger partial charge in [0.2, 0.25) is 10.0 Å². The van der Waals surface area contributed by atoms with Crippen LogP contribution in [0.1, 0.15) is 18.9 Å². The highest BCUT2D eigenvalue weighted by Gasteiger charge is 2.30. The van der Waals surface area contributed by atoms with Crippen molar-refractivity contribution in [3.8, 4) is 11.1 Å². The van der Waals surface area contributed by atoms with Crippen LogP contribution in [-0.4, -0.2) is 32.8 Å². The second kappa shape index (κ2) is 7.82. The van der Waals surface area contributed by atoms with E-state index in [9.17, 15) is 17.2 Å². The molecule has 26 heavy (non-hydrogen) atoms. The fraction of sp³-hybridized carbons (Fsp3) is 0.368. The number of halogens is 2. The van der Waals surface area contributed by atoms with E-state index in [1.807, 2.05) is 0 Å². The Labute approximate surface area is 152 Å². The molecule has 2 aromatic rings. The number of nitrogens with one attached hydrogen (secondary N) is 2. The van der Waals surface area contributed by atoms with Gasteiger partial charge in [0.1, 0.15) is 11.6 Å². The highest BCUT2D eigenvalue weighted by atomic mass is 32.2. The van der Waals surface area contributed by atoms with Gasteiger partial charge in [0.05, 0.1) is 5.75 Å². The third-order valence-electron chi connectivity index (χ3n) is 4.71. The molecule has 0 radical (unpaired) electrons. The van der Waals surface area contributed by atoms with Crippen molar-refractivity contribution in [3.63, 3.8) is 0 Å². The van der Waals surface area contributed by atoms with E-state index in [4.69, 9.17) is 0 Å². The van der Waals surface area contributed by atoms with Crippen LogP contribution >= 0.6 is 0 Å². The first-order valence-corrected chi connectivity index (χ1v) is 10.3. The fourth-order valence-electron chi connectivity index (χ4n) is 3.29. The third-order valence-corrected chi connectivity index (χ3v) is 6.13. The Bertz CT molecular complexity index is 887. The van der Waals surface area contributed by atoms with Gasteiger partial charge >= 0.3 is 0 Å². The summed E-state index contributed by atoms with van der Waals surface area (Å²) < 4.78 is 54.8. The number of sulfonamides is 1. The lowest BCUT2D eigenvalue weighted by atomic mass is 9.96. The molecule has 3 rings (SSSR count). The lowest BCUT2D eigenvalue weighted by Gasteiger charge is -2.21. The topological polar surface area (TPSA) is 58.2 Å². The number of hydrogen-bond acceptors (Lipinski definition) is 3. The van der Waals surface area contributed by atoms with Crippen LogP contribution in [0.2, 0.25) is 0 Å². The SMILES string of the molecule is CCS(=O)(=O)N[C@H]1CCN[C@H]1Cc1cccc(-c2cccc(F)c2)c1F. The molecule has 1 fully saturated rings. The first-order chi connectivity index (χ1) is 12.4. The van der Waals surface area contributed by atoms with E-state index in [-0.39, 0.29) is 17.8 Å². The summed E-state index contributed by atoms with van der Waals surface area (Å²) in [5.41, 5.74) is 1.30. The molecular weight excluding hydrogens is 358 g/mol. The predicted octanol–water partition coefficient (Wildman–Crippen LogP) is 2.84. The largest absolute Gasteiger partial charge is 0.312 e. The van der Waals surface area contributed by atoms with Crippen LogP contribution in [0.4, 0.5) is 8.78 Å². The molecule has 2 atom stereocenters. The van der Waals surface area contributed by atoms with Gasteiger partial charge in [0.15, 0.2) is 0 Å². The normalized spacial score (nSPS) is 20.4. The first kappa shape index (κ1) is 18.9. The molecule has 1 heterocycles. The Kier molecular flexibility index (Phi) is 5.70. The van der Waals surface area contributed by atoms with Crippen LogP contribution in [0.15, 0.2) is 42.5 Å². The summed E-state index contributed by atoms with van der Waals surface area (Å²) >= 11 is 0. The van der Waals surface area contributed by atoms with Crippen LogP contribution in [0.3, 0.4) is 0 Å². The van der Waals surface area contributed by atoms with Gasteiger partial charge in [-0.3, -0.25) is 0 Å². The van der Waals surface area contributed by atoms with Gasteiger partial charge in [0.25, 0.3) is 0 Å². The average molecular weight is 380 g/mol. The lowest BCUT2D eigenvalue weighted by molar-refractivity contribution is 0.484. The van der Waals surface area contributed by atoms with Crippen molar-refractivity contribution in [2.75, 3.05) is 12.3 Å². The molecule has 0 saturated carbocycles. The van der Waals surface area contributed by atoms with E-state index in [0.29, 0.717) is 36.1 Å². The first-order valence-electron chi connectivity index (χ1n) is 8.66. The van der Waals surface area contributed by atoms with Gasteiger partial charge in [-0.1, -0.05) is 30.3 Å². The van der Waals surface area contributed by atoms with Crippen molar-refractivity contribution >= 4 is 10.0 Å². The summed E-state index contributed by atoms with van der Waals surface area (Å²) in [4.78, 5) is 0. The standard InChI is InChI=1S/C19H22F2N2O2S/c1-2-26(24,25)23-17-9-10-22-18(17)12-14-6-4-8-16(19(14)21)13-5-3-7-15(20)11-13/h3-8,11,17-18,22-23H,2,9-10,12H2,1H3/t17-,18-/m0/s1. The quantitative estimate of drug-likeness (QED) is 0.810. The molecule has 0 amide bonds. The Hall–Kier alpha value is -1.83. The highest BCUT2D eigenvalue weighted by molar-refractivity contribution is 7.89. The van der Waals surface area contributed by atoms with Gasteiger partial charge in [0, 0.05) is 17.6 Å². The van der Waals surface area contributed by atoms with E-state index in [1.165, 1.54) is 12.1 Å². The van der Waals surface area contributed by atoms with E-state index in [0.717, 1.165) is 0 Å². The van der Waals surface area contributed by atoms with Crippen molar-refractivity contribution in [3.05, 3.63) is 59.7 Å². The summed E-state index contributed by atoms with van der Waals surface area (Å²) in [6.45, 7) is 2.26. The molecule has 0 aromatic heterocycles. The van der Waals surface area contributed by atoms with Crippen molar-refractivity contribution in [1.29, 1.82) is 0 Å². The smallest absolute Gasteiger partial charge is 0.211 e. The molecule has 0 aliphatic carbocycles. The zero-order valence-electron chi connectivity index (χ0n) is 14.5. The highest BCUT2D eigenvalue weighted by Crippen LogP contribution is 2.27. The van der Waals surface area contributed by atoms with Crippen molar-refractivity contribution in [1.82, 2.24) is 10.0 Å². The molecule has 7 heteroatoms. The van der Waals surface area contributed by atoms with E-state index >= 15 is 0 Å². The van der Waals surface area contributed by atoms with E-state index < -0.39 is 21.7 Å². The van der Waals surface area contributed by atoms with Gasteiger partial charge in [-0.15, -0.1) is 0 Å². The van der Waals surface area contributed by atoms with Crippen LogP contribution < -0.4 is 10.0 Å². The molecule has 140 valence electrons. The second-order valence-electron chi connectivity index (χ2n) is 6.47. The molecule has 4 nitrogen and oxygen atoms in total. The van der Waals surface area contributed by atoms with Crippen LogP contribution in [0.25, 0.3) is 11.1 Å². The minimum atomic E-state index is -3.32. The maximum atomic E-state index is 15.0. The van der Waals surface area contributed by atoms with Crippen LogP contribution in [0.5, 0.6) is 0 Å². The molecule has 1 aliphatic heterocycles. The molecule has 2 N–H and O–H groups in total. The number of rotatable bonds is 6. The average Bonchev–Trinajstić information content (AvgIpc) is 3.03. The Morgan fingerprint density at radius 3 is 2.69 bits per heavy atom. The molecule has 1 saturated heterocycles. The zero-order chi connectivity index (χ0) is 18.7. The second-order valence-corrected chi connectivity index (χ2v) is 8.51. The molecule has 2 aromatic carbocycles. The Morgan fingerprint density at radius 2 is 1.96 bits per heavy atom. The maximum absolute atomic E-state index is 15.0. The van der Waals surface area contributed by atoms with E-state index in [2.05, 4.69) is 10.0 Å². The summed E-state index contributed by atoms with van der Waals surface area (Å²) in [7, 11) is -3.32. The molecule has 0 spiro atoms. The molecule has 1 aliphatic rings. The number of benzene rings is 2. The van der Waals surface area contributed by atoms with Gasteiger partial charge < -0.3 is 5.32 Å². The minimum absolute atomic E-state index is 0.0135. The van der Waals surface area contributed by atoms with Crippen molar-refractivity contribution < 1.29 is 17.2 Å². The maximum Gasteiger partial charge on any atom is 0.211 e. The lowest BCUT2D eigenvalue weighted by Crippen LogP contribution is -2.45. The zero-order valence-corrected chi connectivity index (χ0v) is 15.3. The summed E-state index contributed by atoms with van der Waals surface area (Å²) in [6, 6.07) is 10.4.